The van der Waals surface area contributed by atoms with Crippen LogP contribution in [0.3, 0.4) is 0 Å². The van der Waals surface area contributed by atoms with Crippen molar-refractivity contribution in [1.82, 2.24) is 10.3 Å². The molecule has 1 fully saturated rings. The number of nitrogens with one attached hydrogen (secondary N) is 1. The van der Waals surface area contributed by atoms with Crippen molar-refractivity contribution in [2.45, 2.75) is 29.0 Å². The number of benzene rings is 2. The van der Waals surface area contributed by atoms with Crippen molar-refractivity contribution >= 4 is 34.8 Å². The van der Waals surface area contributed by atoms with E-state index in [2.05, 4.69) is 10.3 Å². The summed E-state index contributed by atoms with van der Waals surface area (Å²) in [5.74, 6) is 0.512. The number of aryl methyl sites for hydroxylation is 1. The molecule has 2 aromatic carbocycles. The van der Waals surface area contributed by atoms with Crippen LogP contribution in [0.2, 0.25) is 0 Å². The molecule has 0 amide bonds. The zero-order valence-electron chi connectivity index (χ0n) is 17.2. The Morgan fingerprint density at radius 2 is 1.84 bits per heavy atom. The third-order valence-electron chi connectivity index (χ3n) is 5.37. The zero-order valence-corrected chi connectivity index (χ0v) is 18.9. The van der Waals surface area contributed by atoms with Crippen molar-refractivity contribution in [3.05, 3.63) is 108 Å². The first-order valence-corrected chi connectivity index (χ1v) is 11.4. The fourth-order valence-electron chi connectivity index (χ4n) is 3.85. The van der Waals surface area contributed by atoms with Crippen LogP contribution in [0.25, 0.3) is 0 Å². The van der Waals surface area contributed by atoms with E-state index in [0.717, 1.165) is 27.1 Å². The summed E-state index contributed by atoms with van der Waals surface area (Å²) in [6.45, 7) is 1.75. The molecule has 0 aliphatic carbocycles. The Kier molecular flexibility index (Phi) is 5.68. The maximum atomic E-state index is 14.0. The lowest BCUT2D eigenvalue weighted by Gasteiger charge is -2.26. The molecule has 3 heterocycles. The third kappa shape index (κ3) is 4.01. The molecule has 7 heteroatoms. The summed E-state index contributed by atoms with van der Waals surface area (Å²) >= 11 is 7.27. The SMILES string of the molecule is Cc1cc(N2C(=S)N[C@H](c3ccccn3)[C@H]2c2ccc(Sc3ccccc3)o2)ccc1F. The highest BCUT2D eigenvalue weighted by Crippen LogP contribution is 2.43. The Balaban J connectivity index is 1.55. The number of aromatic nitrogens is 1. The minimum absolute atomic E-state index is 0.213. The smallest absolute Gasteiger partial charge is 0.174 e. The van der Waals surface area contributed by atoms with E-state index in [4.69, 9.17) is 16.6 Å². The lowest BCUT2D eigenvalue weighted by atomic mass is 10.0. The number of pyridine rings is 1. The van der Waals surface area contributed by atoms with Crippen LogP contribution in [-0.2, 0) is 0 Å². The van der Waals surface area contributed by atoms with Gasteiger partial charge in [0.1, 0.15) is 17.6 Å². The molecule has 1 saturated heterocycles. The van der Waals surface area contributed by atoms with Crippen LogP contribution in [0.4, 0.5) is 10.1 Å². The fourth-order valence-corrected chi connectivity index (χ4v) is 5.00. The molecule has 5 rings (SSSR count). The molecule has 0 unspecified atom stereocenters. The number of halogens is 1. The van der Waals surface area contributed by atoms with E-state index in [1.807, 2.05) is 65.6 Å². The predicted molar refractivity (Wildman–Crippen MR) is 128 cm³/mol. The molecule has 4 nitrogen and oxygen atoms in total. The molecule has 0 saturated carbocycles. The van der Waals surface area contributed by atoms with Gasteiger partial charge < -0.3 is 14.6 Å². The minimum atomic E-state index is -0.271. The standard InChI is InChI=1S/C25H20FN3OS2/c1-16-15-17(10-11-19(16)26)29-24(23(28-25(29)31)20-9-5-6-14-27-20)21-12-13-22(30-21)32-18-7-3-2-4-8-18/h2-15,23-24H,1H3,(H,28,31)/t23-,24-/m1/s1. The second-order valence-electron chi connectivity index (χ2n) is 7.50. The summed E-state index contributed by atoms with van der Waals surface area (Å²) in [6.07, 6.45) is 1.76. The van der Waals surface area contributed by atoms with Crippen molar-refractivity contribution in [2.75, 3.05) is 4.90 Å². The van der Waals surface area contributed by atoms with Crippen LogP contribution >= 0.6 is 24.0 Å². The molecule has 32 heavy (non-hydrogen) atoms. The lowest BCUT2D eigenvalue weighted by Crippen LogP contribution is -2.29. The van der Waals surface area contributed by atoms with Gasteiger partial charge in [0.05, 0.1) is 11.7 Å². The van der Waals surface area contributed by atoms with E-state index in [9.17, 15) is 4.39 Å². The van der Waals surface area contributed by atoms with Crippen LogP contribution in [0.1, 0.15) is 29.1 Å². The van der Waals surface area contributed by atoms with Crippen LogP contribution in [0, 0.1) is 12.7 Å². The highest BCUT2D eigenvalue weighted by atomic mass is 32.2. The first kappa shape index (κ1) is 20.7. The van der Waals surface area contributed by atoms with Crippen LogP contribution in [-0.4, -0.2) is 10.1 Å². The van der Waals surface area contributed by atoms with Gasteiger partial charge in [-0.05, 0) is 79.3 Å². The van der Waals surface area contributed by atoms with Gasteiger partial charge in [-0.2, -0.15) is 0 Å². The van der Waals surface area contributed by atoms with E-state index >= 15 is 0 Å². The van der Waals surface area contributed by atoms with Crippen molar-refractivity contribution in [2.24, 2.45) is 0 Å². The molecule has 4 aromatic rings. The number of anilines is 1. The quantitative estimate of drug-likeness (QED) is 0.345. The summed E-state index contributed by atoms with van der Waals surface area (Å²) in [4.78, 5) is 7.63. The summed E-state index contributed by atoms with van der Waals surface area (Å²) in [7, 11) is 0. The molecule has 0 spiro atoms. The monoisotopic (exact) mass is 461 g/mol. The Morgan fingerprint density at radius 3 is 2.59 bits per heavy atom. The average molecular weight is 462 g/mol. The van der Waals surface area contributed by atoms with Gasteiger partial charge in [-0.1, -0.05) is 36.0 Å². The van der Waals surface area contributed by atoms with Gasteiger partial charge in [-0.25, -0.2) is 4.39 Å². The van der Waals surface area contributed by atoms with Crippen LogP contribution < -0.4 is 10.2 Å². The maximum absolute atomic E-state index is 14.0. The highest BCUT2D eigenvalue weighted by molar-refractivity contribution is 7.99. The number of hydrogen-bond acceptors (Lipinski definition) is 4. The van der Waals surface area contributed by atoms with Gasteiger partial charge in [0, 0.05) is 16.8 Å². The summed E-state index contributed by atoms with van der Waals surface area (Å²) < 4.78 is 20.3. The van der Waals surface area contributed by atoms with E-state index < -0.39 is 0 Å². The maximum Gasteiger partial charge on any atom is 0.174 e. The first-order valence-electron chi connectivity index (χ1n) is 10.2. The van der Waals surface area contributed by atoms with Crippen molar-refractivity contribution in [1.29, 1.82) is 0 Å². The average Bonchev–Trinajstić information content (AvgIpc) is 3.41. The number of rotatable bonds is 5. The topological polar surface area (TPSA) is 41.3 Å². The molecule has 0 radical (unpaired) electrons. The second kappa shape index (κ2) is 8.76. The number of hydrogen-bond donors (Lipinski definition) is 1. The zero-order chi connectivity index (χ0) is 22.1. The summed E-state index contributed by atoms with van der Waals surface area (Å²) in [6, 6.07) is 24.4. The molecule has 2 atom stereocenters. The molecule has 160 valence electrons. The number of furan rings is 1. The van der Waals surface area contributed by atoms with E-state index in [-0.39, 0.29) is 17.9 Å². The third-order valence-corrected chi connectivity index (χ3v) is 6.62. The first-order chi connectivity index (χ1) is 15.6. The molecule has 1 aliphatic heterocycles. The highest BCUT2D eigenvalue weighted by Gasteiger charge is 2.42. The predicted octanol–water partition coefficient (Wildman–Crippen LogP) is 6.45. The van der Waals surface area contributed by atoms with Crippen LogP contribution in [0.5, 0.6) is 0 Å². The van der Waals surface area contributed by atoms with Gasteiger partial charge in [0.15, 0.2) is 10.2 Å². The number of thiocarbonyl (C=S) groups is 1. The Morgan fingerprint density at radius 1 is 1.03 bits per heavy atom. The van der Waals surface area contributed by atoms with Gasteiger partial charge in [-0.3, -0.25) is 4.98 Å². The molecule has 0 bridgehead atoms. The molecule has 2 aromatic heterocycles. The van der Waals surface area contributed by atoms with E-state index in [1.54, 1.807) is 37.0 Å². The van der Waals surface area contributed by atoms with Crippen molar-refractivity contribution in [3.8, 4) is 0 Å². The van der Waals surface area contributed by atoms with Crippen molar-refractivity contribution < 1.29 is 8.81 Å². The van der Waals surface area contributed by atoms with Crippen molar-refractivity contribution in [3.63, 3.8) is 0 Å². The Hall–Kier alpha value is -3.16. The van der Waals surface area contributed by atoms with Gasteiger partial charge in [0.25, 0.3) is 0 Å². The largest absolute Gasteiger partial charge is 0.452 e. The van der Waals surface area contributed by atoms with E-state index in [1.165, 1.54) is 6.07 Å². The summed E-state index contributed by atoms with van der Waals surface area (Å²) in [5, 5.41) is 4.73. The second-order valence-corrected chi connectivity index (χ2v) is 8.97. The van der Waals surface area contributed by atoms with E-state index in [0.29, 0.717) is 10.7 Å². The Labute approximate surface area is 195 Å². The van der Waals surface area contributed by atoms with Gasteiger partial charge >= 0.3 is 0 Å². The Bertz CT molecular complexity index is 1250. The summed E-state index contributed by atoms with van der Waals surface area (Å²) in [5.41, 5.74) is 2.22. The lowest BCUT2D eigenvalue weighted by molar-refractivity contribution is 0.383. The normalized spacial score (nSPS) is 18.1. The van der Waals surface area contributed by atoms with Gasteiger partial charge in [0.2, 0.25) is 0 Å². The number of nitrogens with zero attached hydrogens (tertiary/aromatic N) is 2. The fraction of sp³-hybridized carbons (Fsp3) is 0.120. The van der Waals surface area contributed by atoms with Crippen LogP contribution in [0.15, 0.2) is 99.5 Å². The molecular weight excluding hydrogens is 441 g/mol. The molecular formula is C25H20FN3OS2. The minimum Gasteiger partial charge on any atom is -0.452 e. The molecule has 1 aliphatic rings. The van der Waals surface area contributed by atoms with Gasteiger partial charge in [-0.15, -0.1) is 0 Å². The molecule has 1 N–H and O–H groups in total.